The normalized spacial score (nSPS) is 14.4. The lowest BCUT2D eigenvalue weighted by Gasteiger charge is -2.33. The maximum Gasteiger partial charge on any atom is 0.241 e. The van der Waals surface area contributed by atoms with Crippen LogP contribution < -0.4 is 0 Å². The molecule has 1 aromatic carbocycles. The number of carbonyl (C=O) groups is 1. The van der Waals surface area contributed by atoms with Crippen LogP contribution in [0.4, 0.5) is 0 Å². The fourth-order valence-corrected chi connectivity index (χ4v) is 2.98. The molecule has 0 aromatic heterocycles. The van der Waals surface area contributed by atoms with Crippen molar-refractivity contribution < 1.29 is 13.2 Å². The van der Waals surface area contributed by atoms with Crippen LogP contribution >= 0.6 is 0 Å². The van der Waals surface area contributed by atoms with Crippen molar-refractivity contribution in [2.45, 2.75) is 51.3 Å². The van der Waals surface area contributed by atoms with Crippen LogP contribution in [0.3, 0.4) is 0 Å². The minimum absolute atomic E-state index is 0.0792. The lowest BCUT2D eigenvalue weighted by Crippen LogP contribution is -2.43. The van der Waals surface area contributed by atoms with Gasteiger partial charge in [0.15, 0.2) is 9.84 Å². The molecule has 0 saturated heterocycles. The van der Waals surface area contributed by atoms with Gasteiger partial charge in [0.2, 0.25) is 5.91 Å². The van der Waals surface area contributed by atoms with Crippen LogP contribution in [-0.2, 0) is 14.6 Å². The second kappa shape index (κ2) is 8.32. The van der Waals surface area contributed by atoms with Crippen molar-refractivity contribution in [1.29, 1.82) is 0 Å². The molecule has 1 aromatic rings. The quantitative estimate of drug-likeness (QED) is 0.737. The van der Waals surface area contributed by atoms with Crippen LogP contribution in [0.15, 0.2) is 30.3 Å². The van der Waals surface area contributed by atoms with Crippen LogP contribution in [0.2, 0.25) is 0 Å². The van der Waals surface area contributed by atoms with Gasteiger partial charge in [-0.25, -0.2) is 8.42 Å². The van der Waals surface area contributed by atoms with Crippen molar-refractivity contribution in [3.05, 3.63) is 35.9 Å². The van der Waals surface area contributed by atoms with Crippen molar-refractivity contribution >= 4 is 15.7 Å². The van der Waals surface area contributed by atoms with E-state index < -0.39 is 15.1 Å². The third-order valence-corrected chi connectivity index (χ3v) is 5.46. The van der Waals surface area contributed by atoms with E-state index in [-0.39, 0.29) is 11.9 Å². The Morgan fingerprint density at radius 3 is 2.23 bits per heavy atom. The lowest BCUT2D eigenvalue weighted by atomic mass is 10.0. The third-order valence-electron chi connectivity index (χ3n) is 3.97. The summed E-state index contributed by atoms with van der Waals surface area (Å²) in [4.78, 5) is 14.5. The molecule has 0 bridgehead atoms. The van der Waals surface area contributed by atoms with Crippen molar-refractivity contribution in [3.63, 3.8) is 0 Å². The second-order valence-electron chi connectivity index (χ2n) is 5.69. The Morgan fingerprint density at radius 2 is 1.77 bits per heavy atom. The Bertz CT molecular complexity index is 569. The van der Waals surface area contributed by atoms with Gasteiger partial charge in [-0.1, -0.05) is 50.6 Å². The van der Waals surface area contributed by atoms with Crippen LogP contribution in [-0.4, -0.2) is 37.3 Å². The summed E-state index contributed by atoms with van der Waals surface area (Å²) >= 11 is 0. The Morgan fingerprint density at radius 1 is 1.18 bits per heavy atom. The summed E-state index contributed by atoms with van der Waals surface area (Å²) in [5, 5.41) is -0.998. The summed E-state index contributed by atoms with van der Waals surface area (Å²) in [7, 11) is -3.39. The van der Waals surface area contributed by atoms with E-state index in [0.717, 1.165) is 31.1 Å². The average Bonchev–Trinajstić information content (AvgIpc) is 2.50. The highest BCUT2D eigenvalue weighted by Gasteiger charge is 2.32. The molecule has 2 atom stereocenters. The molecule has 0 aliphatic carbocycles. The van der Waals surface area contributed by atoms with Crippen LogP contribution in [0.5, 0.6) is 0 Å². The van der Waals surface area contributed by atoms with E-state index in [1.165, 1.54) is 6.92 Å². The second-order valence-corrected chi connectivity index (χ2v) is 8.06. The zero-order chi connectivity index (χ0) is 16.8. The molecule has 0 heterocycles. The Hall–Kier alpha value is -1.36. The van der Waals surface area contributed by atoms with Gasteiger partial charge in [0, 0.05) is 12.8 Å². The van der Waals surface area contributed by atoms with Crippen LogP contribution in [0, 0.1) is 0 Å². The smallest absolute Gasteiger partial charge is 0.241 e. The first-order valence-corrected chi connectivity index (χ1v) is 9.82. The third kappa shape index (κ3) is 4.83. The summed E-state index contributed by atoms with van der Waals surface area (Å²) in [6.45, 7) is 6.15. The van der Waals surface area contributed by atoms with E-state index in [1.807, 2.05) is 37.3 Å². The minimum Gasteiger partial charge on any atom is -0.335 e. The zero-order valence-corrected chi connectivity index (χ0v) is 14.8. The van der Waals surface area contributed by atoms with E-state index in [4.69, 9.17) is 0 Å². The van der Waals surface area contributed by atoms with E-state index in [2.05, 4.69) is 6.92 Å². The number of sulfone groups is 1. The standard InChI is InChI=1S/C17H27NO3S/c1-5-7-13-18(17(19)14(3)22(4,20)21)16(6-2)15-11-9-8-10-12-15/h8-12,14,16H,5-7,13H2,1-4H3/t14-,16-/m1/s1. The zero-order valence-electron chi connectivity index (χ0n) is 14.0. The van der Waals surface area contributed by atoms with Gasteiger partial charge in [0.05, 0.1) is 6.04 Å². The number of rotatable bonds is 8. The molecule has 0 spiro atoms. The molecule has 0 saturated carbocycles. The van der Waals surface area contributed by atoms with Gasteiger partial charge < -0.3 is 4.90 Å². The molecule has 1 rings (SSSR count). The highest BCUT2D eigenvalue weighted by Crippen LogP contribution is 2.26. The summed E-state index contributed by atoms with van der Waals surface area (Å²) in [5.74, 6) is -0.299. The SMILES string of the molecule is CCCCN(C(=O)[C@@H](C)S(C)(=O)=O)[C@H](CC)c1ccccc1. The molecule has 4 nitrogen and oxygen atoms in total. The average molecular weight is 325 g/mol. The fourth-order valence-electron chi connectivity index (χ4n) is 2.48. The summed E-state index contributed by atoms with van der Waals surface area (Å²) < 4.78 is 23.5. The van der Waals surface area contributed by atoms with Crippen molar-refractivity contribution in [3.8, 4) is 0 Å². The van der Waals surface area contributed by atoms with Crippen molar-refractivity contribution in [2.24, 2.45) is 0 Å². The Kier molecular flexibility index (Phi) is 7.07. The largest absolute Gasteiger partial charge is 0.335 e. The molecule has 0 aliphatic rings. The maximum atomic E-state index is 12.7. The molecule has 0 unspecified atom stereocenters. The Balaban J connectivity index is 3.12. The van der Waals surface area contributed by atoms with Gasteiger partial charge in [-0.05, 0) is 25.3 Å². The first-order chi connectivity index (χ1) is 10.3. The molecular weight excluding hydrogens is 298 g/mol. The molecule has 0 fully saturated rings. The maximum absolute atomic E-state index is 12.7. The topological polar surface area (TPSA) is 54.5 Å². The van der Waals surface area contributed by atoms with E-state index in [0.29, 0.717) is 6.54 Å². The van der Waals surface area contributed by atoms with Crippen LogP contribution in [0.1, 0.15) is 51.6 Å². The summed E-state index contributed by atoms with van der Waals surface area (Å²) in [5.41, 5.74) is 1.05. The molecule has 5 heteroatoms. The highest BCUT2D eigenvalue weighted by molar-refractivity contribution is 7.92. The van der Waals surface area contributed by atoms with Gasteiger partial charge >= 0.3 is 0 Å². The minimum atomic E-state index is -3.39. The van der Waals surface area contributed by atoms with Gasteiger partial charge in [-0.3, -0.25) is 4.79 Å². The number of carbonyl (C=O) groups excluding carboxylic acids is 1. The molecule has 124 valence electrons. The molecule has 1 amide bonds. The summed E-state index contributed by atoms with van der Waals surface area (Å²) in [6.07, 6.45) is 3.71. The number of hydrogen-bond donors (Lipinski definition) is 0. The molecule has 0 aliphatic heterocycles. The van der Waals surface area contributed by atoms with Crippen molar-refractivity contribution in [1.82, 2.24) is 4.90 Å². The Labute approximate surface area is 134 Å². The number of benzene rings is 1. The number of nitrogens with zero attached hydrogens (tertiary/aromatic N) is 1. The van der Waals surface area contributed by atoms with Gasteiger partial charge in [0.25, 0.3) is 0 Å². The van der Waals surface area contributed by atoms with E-state index in [1.54, 1.807) is 4.90 Å². The predicted molar refractivity (Wildman–Crippen MR) is 90.4 cm³/mol. The monoisotopic (exact) mass is 325 g/mol. The molecule has 22 heavy (non-hydrogen) atoms. The van der Waals surface area contributed by atoms with Gasteiger partial charge in [-0.2, -0.15) is 0 Å². The molecular formula is C17H27NO3S. The number of unbranched alkanes of at least 4 members (excludes halogenated alkanes) is 1. The van der Waals surface area contributed by atoms with Crippen LogP contribution in [0.25, 0.3) is 0 Å². The predicted octanol–water partition coefficient (Wildman–Crippen LogP) is 3.20. The van der Waals surface area contributed by atoms with Gasteiger partial charge in [-0.15, -0.1) is 0 Å². The fraction of sp³-hybridized carbons (Fsp3) is 0.588. The highest BCUT2D eigenvalue weighted by atomic mass is 32.2. The van der Waals surface area contributed by atoms with Gasteiger partial charge in [0.1, 0.15) is 5.25 Å². The molecule has 0 radical (unpaired) electrons. The first kappa shape index (κ1) is 18.7. The lowest BCUT2D eigenvalue weighted by molar-refractivity contribution is -0.133. The van der Waals surface area contributed by atoms with E-state index >= 15 is 0 Å². The summed E-state index contributed by atoms with van der Waals surface area (Å²) in [6, 6.07) is 9.73. The number of amides is 1. The molecule has 0 N–H and O–H groups in total. The first-order valence-electron chi connectivity index (χ1n) is 7.87. The van der Waals surface area contributed by atoms with E-state index in [9.17, 15) is 13.2 Å². The van der Waals surface area contributed by atoms with Crippen molar-refractivity contribution in [2.75, 3.05) is 12.8 Å². The number of hydrogen-bond acceptors (Lipinski definition) is 3.